The Morgan fingerprint density at radius 1 is 1.17 bits per heavy atom. The van der Waals surface area contributed by atoms with Crippen molar-refractivity contribution in [3.8, 4) is 0 Å². The van der Waals surface area contributed by atoms with Crippen LogP contribution in [-0.2, 0) is 4.79 Å². The molecule has 2 saturated heterocycles. The molecule has 7 nitrogen and oxygen atoms in total. The van der Waals surface area contributed by atoms with Gasteiger partial charge in [-0.2, -0.15) is 0 Å². The number of imide groups is 1. The van der Waals surface area contributed by atoms with Crippen LogP contribution in [0, 0.1) is 12.8 Å². The Bertz CT molecular complexity index is 676. The van der Waals surface area contributed by atoms with E-state index >= 15 is 0 Å². The van der Waals surface area contributed by atoms with E-state index in [1.54, 1.807) is 4.90 Å². The molecule has 3 rings (SSSR count). The Balaban J connectivity index is 1.96. The molecule has 128 valence electrons. The number of amides is 5. The molecule has 24 heavy (non-hydrogen) atoms. The molecule has 0 aliphatic carbocycles. The standard InChI is InChI=1S/C17H22N4O3/c1-3-4-8-21-14-12(15(22)20-17(21)24)13(18-16(23)19-14)11-7-5-6-10(2)9-11/h5-7,9,12-14H,3-4,8H2,1-2H3,(H2,18,19,23)(H,20,22,24). The molecule has 0 saturated carbocycles. The van der Waals surface area contributed by atoms with Crippen LogP contribution in [0.25, 0.3) is 0 Å². The number of rotatable bonds is 4. The third kappa shape index (κ3) is 2.93. The van der Waals surface area contributed by atoms with Gasteiger partial charge in [0.05, 0.1) is 6.04 Å². The largest absolute Gasteiger partial charge is 0.330 e. The summed E-state index contributed by atoms with van der Waals surface area (Å²) >= 11 is 0. The summed E-state index contributed by atoms with van der Waals surface area (Å²) in [6.45, 7) is 4.49. The van der Waals surface area contributed by atoms with Crippen molar-refractivity contribution in [1.29, 1.82) is 0 Å². The minimum Gasteiger partial charge on any atom is -0.330 e. The van der Waals surface area contributed by atoms with Crippen molar-refractivity contribution in [3.05, 3.63) is 35.4 Å². The van der Waals surface area contributed by atoms with E-state index in [2.05, 4.69) is 16.0 Å². The number of aryl methyl sites for hydroxylation is 1. The molecule has 0 spiro atoms. The van der Waals surface area contributed by atoms with Gasteiger partial charge in [0, 0.05) is 6.54 Å². The highest BCUT2D eigenvalue weighted by Crippen LogP contribution is 2.32. The minimum absolute atomic E-state index is 0.364. The fourth-order valence-electron chi connectivity index (χ4n) is 3.36. The second kappa shape index (κ2) is 6.51. The second-order valence-corrected chi connectivity index (χ2v) is 6.32. The van der Waals surface area contributed by atoms with E-state index in [0.717, 1.165) is 24.0 Å². The number of hydrogen-bond donors (Lipinski definition) is 3. The highest BCUT2D eigenvalue weighted by Gasteiger charge is 2.49. The summed E-state index contributed by atoms with van der Waals surface area (Å²) < 4.78 is 0. The van der Waals surface area contributed by atoms with Crippen LogP contribution in [-0.4, -0.2) is 35.6 Å². The number of urea groups is 2. The average molecular weight is 330 g/mol. The van der Waals surface area contributed by atoms with Gasteiger partial charge in [-0.25, -0.2) is 9.59 Å². The maximum Gasteiger partial charge on any atom is 0.325 e. The number of benzene rings is 1. The lowest BCUT2D eigenvalue weighted by Crippen LogP contribution is -2.72. The summed E-state index contributed by atoms with van der Waals surface area (Å²) in [6, 6.07) is 6.41. The molecule has 0 radical (unpaired) electrons. The highest BCUT2D eigenvalue weighted by atomic mass is 16.2. The Morgan fingerprint density at radius 2 is 1.96 bits per heavy atom. The van der Waals surface area contributed by atoms with Gasteiger partial charge in [0.2, 0.25) is 5.91 Å². The van der Waals surface area contributed by atoms with Crippen molar-refractivity contribution < 1.29 is 14.4 Å². The third-order valence-corrected chi connectivity index (χ3v) is 4.55. The Hall–Kier alpha value is -2.57. The van der Waals surface area contributed by atoms with E-state index in [9.17, 15) is 14.4 Å². The van der Waals surface area contributed by atoms with Crippen LogP contribution in [0.3, 0.4) is 0 Å². The first-order chi connectivity index (χ1) is 11.5. The van der Waals surface area contributed by atoms with Gasteiger partial charge in [-0.05, 0) is 18.9 Å². The zero-order valence-corrected chi connectivity index (χ0v) is 13.8. The molecule has 5 amide bonds. The van der Waals surface area contributed by atoms with Crippen LogP contribution >= 0.6 is 0 Å². The predicted octanol–water partition coefficient (Wildman–Crippen LogP) is 1.64. The molecule has 3 N–H and O–H groups in total. The fraction of sp³-hybridized carbons (Fsp3) is 0.471. The summed E-state index contributed by atoms with van der Waals surface area (Å²) in [7, 11) is 0. The normalized spacial score (nSPS) is 26.3. The summed E-state index contributed by atoms with van der Waals surface area (Å²) in [5.41, 5.74) is 1.91. The molecule has 2 heterocycles. The van der Waals surface area contributed by atoms with E-state index < -0.39 is 24.2 Å². The topological polar surface area (TPSA) is 90.5 Å². The molecular formula is C17H22N4O3. The van der Waals surface area contributed by atoms with Crippen LogP contribution in [0.5, 0.6) is 0 Å². The van der Waals surface area contributed by atoms with Gasteiger partial charge in [-0.3, -0.25) is 10.1 Å². The summed E-state index contributed by atoms with van der Waals surface area (Å²) in [6.07, 6.45) is 1.10. The maximum atomic E-state index is 12.5. The quantitative estimate of drug-likeness (QED) is 0.784. The van der Waals surface area contributed by atoms with Crippen LogP contribution in [0.1, 0.15) is 36.9 Å². The first-order valence-electron chi connectivity index (χ1n) is 8.26. The van der Waals surface area contributed by atoms with Gasteiger partial charge < -0.3 is 15.5 Å². The molecule has 3 unspecified atom stereocenters. The monoisotopic (exact) mass is 330 g/mol. The summed E-state index contributed by atoms with van der Waals surface area (Å²) in [5.74, 6) is -0.934. The van der Waals surface area contributed by atoms with Crippen LogP contribution in [0.15, 0.2) is 24.3 Å². The molecule has 7 heteroatoms. The van der Waals surface area contributed by atoms with Crippen LogP contribution < -0.4 is 16.0 Å². The van der Waals surface area contributed by atoms with Gasteiger partial charge in [0.15, 0.2) is 0 Å². The Morgan fingerprint density at radius 3 is 2.67 bits per heavy atom. The molecule has 1 aromatic carbocycles. The van der Waals surface area contributed by atoms with E-state index in [-0.39, 0.29) is 11.9 Å². The number of carbonyl (C=O) groups excluding carboxylic acids is 3. The van der Waals surface area contributed by atoms with Crippen molar-refractivity contribution >= 4 is 18.0 Å². The van der Waals surface area contributed by atoms with E-state index in [4.69, 9.17) is 0 Å². The van der Waals surface area contributed by atoms with Crippen molar-refractivity contribution in [2.24, 2.45) is 5.92 Å². The first-order valence-corrected chi connectivity index (χ1v) is 8.26. The SMILES string of the molecule is CCCCN1C(=O)NC(=O)C2C(c3cccc(C)c3)NC(=O)NC21. The maximum absolute atomic E-state index is 12.5. The van der Waals surface area contributed by atoms with Gasteiger partial charge >= 0.3 is 12.1 Å². The van der Waals surface area contributed by atoms with Gasteiger partial charge in [0.1, 0.15) is 12.1 Å². The van der Waals surface area contributed by atoms with E-state index in [1.807, 2.05) is 38.1 Å². The number of nitrogens with one attached hydrogen (secondary N) is 3. The third-order valence-electron chi connectivity index (χ3n) is 4.55. The van der Waals surface area contributed by atoms with Gasteiger partial charge in [0.25, 0.3) is 0 Å². The molecule has 2 aliphatic heterocycles. The average Bonchev–Trinajstić information content (AvgIpc) is 2.53. The number of hydrogen-bond acceptors (Lipinski definition) is 3. The molecule has 0 aromatic heterocycles. The van der Waals surface area contributed by atoms with Crippen LogP contribution in [0.2, 0.25) is 0 Å². The molecule has 0 bridgehead atoms. The van der Waals surface area contributed by atoms with Gasteiger partial charge in [-0.1, -0.05) is 43.2 Å². The fourth-order valence-corrected chi connectivity index (χ4v) is 3.36. The summed E-state index contributed by atoms with van der Waals surface area (Å²) in [4.78, 5) is 38.4. The lowest BCUT2D eigenvalue weighted by atomic mass is 9.85. The van der Waals surface area contributed by atoms with Crippen molar-refractivity contribution in [2.75, 3.05) is 6.54 Å². The minimum atomic E-state index is -0.628. The first kappa shape index (κ1) is 16.3. The molecular weight excluding hydrogens is 308 g/mol. The zero-order valence-electron chi connectivity index (χ0n) is 13.8. The number of fused-ring (bicyclic) bond motifs is 1. The zero-order chi connectivity index (χ0) is 17.3. The molecule has 2 aliphatic rings. The number of unbranched alkanes of at least 4 members (excludes halogenated alkanes) is 1. The predicted molar refractivity (Wildman–Crippen MR) is 88.0 cm³/mol. The number of carbonyl (C=O) groups is 3. The number of nitrogens with zero attached hydrogens (tertiary/aromatic N) is 1. The smallest absolute Gasteiger partial charge is 0.325 e. The second-order valence-electron chi connectivity index (χ2n) is 6.32. The highest BCUT2D eigenvalue weighted by molar-refractivity contribution is 6.00. The molecule has 2 fully saturated rings. The molecule has 1 aromatic rings. The van der Waals surface area contributed by atoms with E-state index in [0.29, 0.717) is 6.54 Å². The lowest BCUT2D eigenvalue weighted by Gasteiger charge is -2.46. The Kier molecular flexibility index (Phi) is 4.42. The van der Waals surface area contributed by atoms with Crippen molar-refractivity contribution in [3.63, 3.8) is 0 Å². The van der Waals surface area contributed by atoms with Crippen molar-refractivity contribution in [1.82, 2.24) is 20.9 Å². The Labute approximate surface area is 140 Å². The summed E-state index contributed by atoms with van der Waals surface area (Å²) in [5, 5.41) is 8.00. The van der Waals surface area contributed by atoms with Crippen LogP contribution in [0.4, 0.5) is 9.59 Å². The van der Waals surface area contributed by atoms with E-state index in [1.165, 1.54) is 0 Å². The molecule has 3 atom stereocenters. The van der Waals surface area contributed by atoms with Crippen molar-refractivity contribution in [2.45, 2.75) is 38.9 Å². The lowest BCUT2D eigenvalue weighted by molar-refractivity contribution is -0.130. The van der Waals surface area contributed by atoms with Gasteiger partial charge in [-0.15, -0.1) is 0 Å².